The van der Waals surface area contributed by atoms with Gasteiger partial charge in [0.2, 0.25) is 0 Å². The zero-order valence-corrected chi connectivity index (χ0v) is 32.4. The van der Waals surface area contributed by atoms with Gasteiger partial charge in [0.1, 0.15) is 0 Å². The Morgan fingerprint density at radius 3 is 1.66 bits per heavy atom. The molecule has 2 heteroatoms. The van der Waals surface area contributed by atoms with Gasteiger partial charge in [-0.15, -0.1) is 0 Å². The number of anilines is 3. The van der Waals surface area contributed by atoms with Crippen LogP contribution >= 0.6 is 0 Å². The van der Waals surface area contributed by atoms with E-state index in [1.165, 1.54) is 116 Å². The zero-order valence-electron chi connectivity index (χ0n) is 32.4. The summed E-state index contributed by atoms with van der Waals surface area (Å²) in [5, 5.41) is 10.6. The predicted molar refractivity (Wildman–Crippen MR) is 230 cm³/mol. The molecular weight excluding hydrogens is 641 g/mol. The standard InChI is InChI=1S/C51H46N2/c1-29-25-30(2)46(31(3)26-29)38-27-45(37-24-23-36-40(51(7,8)9)28-39(50(4,5)6)35-22-21-33(38)47(37)48(35)36)52-42-18-12-13-19-43(42)53-41-17-11-10-15-32(41)34-16-14-20-44(52)49(34)53/h10-28H,1-9H3. The zero-order chi connectivity index (χ0) is 36.7. The topological polar surface area (TPSA) is 8.17 Å². The highest BCUT2D eigenvalue weighted by atomic mass is 15.2. The van der Waals surface area contributed by atoms with Crippen molar-refractivity contribution in [1.29, 1.82) is 0 Å². The highest BCUT2D eigenvalue weighted by molar-refractivity contribution is 6.30. The van der Waals surface area contributed by atoms with E-state index >= 15 is 0 Å². The highest BCUT2D eigenvalue weighted by Crippen LogP contribution is 2.54. The van der Waals surface area contributed by atoms with Crippen molar-refractivity contribution in [2.75, 3.05) is 4.90 Å². The fourth-order valence-electron chi connectivity index (χ4n) is 9.87. The molecule has 1 aromatic heterocycles. The number of para-hydroxylation sites is 4. The third-order valence-corrected chi connectivity index (χ3v) is 12.0. The van der Waals surface area contributed by atoms with Gasteiger partial charge in [0, 0.05) is 21.5 Å². The first kappa shape index (κ1) is 32.1. The lowest BCUT2D eigenvalue weighted by Crippen LogP contribution is -2.19. The maximum absolute atomic E-state index is 2.57. The first-order chi connectivity index (χ1) is 25.3. The first-order valence-corrected chi connectivity index (χ1v) is 19.1. The number of hydrogen-bond acceptors (Lipinski definition) is 1. The SMILES string of the molecule is Cc1cc(C)c(-c2cc(N3c4ccccc4-n4c5ccccc5c5cccc3c54)c3ccc4c(C(C)(C)C)cc(C(C)(C)C)c5ccc2c3c54)c(C)c1. The Hall–Kier alpha value is -5.60. The van der Waals surface area contributed by atoms with Crippen LogP contribution in [0, 0.1) is 20.8 Å². The molecule has 0 aliphatic carbocycles. The van der Waals surface area contributed by atoms with Gasteiger partial charge in [0.05, 0.1) is 33.8 Å². The second-order valence-electron chi connectivity index (χ2n) is 17.6. The molecule has 53 heavy (non-hydrogen) atoms. The quantitative estimate of drug-likeness (QED) is 0.164. The van der Waals surface area contributed by atoms with Crippen LogP contribution in [0.1, 0.15) is 69.4 Å². The van der Waals surface area contributed by atoms with E-state index < -0.39 is 0 Å². The summed E-state index contributed by atoms with van der Waals surface area (Å²) in [4.78, 5) is 2.57. The summed E-state index contributed by atoms with van der Waals surface area (Å²) < 4.78 is 2.49. The van der Waals surface area contributed by atoms with Crippen molar-refractivity contribution in [1.82, 2.24) is 4.57 Å². The summed E-state index contributed by atoms with van der Waals surface area (Å²) in [5.74, 6) is 0. The third-order valence-electron chi connectivity index (χ3n) is 12.0. The molecule has 0 spiro atoms. The van der Waals surface area contributed by atoms with E-state index in [0.717, 1.165) is 0 Å². The first-order valence-electron chi connectivity index (χ1n) is 19.1. The van der Waals surface area contributed by atoms with Gasteiger partial charge in [-0.05, 0) is 117 Å². The van der Waals surface area contributed by atoms with E-state index in [2.05, 4.69) is 187 Å². The molecule has 2 nitrogen and oxygen atoms in total. The molecule has 8 aromatic carbocycles. The van der Waals surface area contributed by atoms with Gasteiger partial charge >= 0.3 is 0 Å². The van der Waals surface area contributed by atoms with E-state index in [4.69, 9.17) is 0 Å². The predicted octanol–water partition coefficient (Wildman–Crippen LogP) is 14.7. The van der Waals surface area contributed by atoms with Crippen molar-refractivity contribution in [3.8, 4) is 16.8 Å². The number of nitrogens with zero attached hydrogens (tertiary/aromatic N) is 2. The second-order valence-corrected chi connectivity index (χ2v) is 17.6. The number of aryl methyl sites for hydroxylation is 3. The number of fused-ring (bicyclic) bond motifs is 5. The summed E-state index contributed by atoms with van der Waals surface area (Å²) in [6, 6.07) is 44.1. The Labute approximate surface area is 312 Å². The van der Waals surface area contributed by atoms with Crippen LogP contribution in [-0.2, 0) is 10.8 Å². The van der Waals surface area contributed by atoms with Gasteiger partial charge in [-0.2, -0.15) is 0 Å². The average molecular weight is 687 g/mol. The molecule has 260 valence electrons. The molecule has 10 rings (SSSR count). The molecule has 0 saturated carbocycles. The lowest BCUT2D eigenvalue weighted by atomic mass is 9.74. The molecule has 0 amide bonds. The summed E-state index contributed by atoms with van der Waals surface area (Å²) >= 11 is 0. The van der Waals surface area contributed by atoms with Crippen molar-refractivity contribution in [2.45, 2.75) is 73.1 Å². The van der Waals surface area contributed by atoms with Crippen LogP contribution in [-0.4, -0.2) is 4.57 Å². The molecule has 1 aliphatic heterocycles. The van der Waals surface area contributed by atoms with Gasteiger partial charge < -0.3 is 9.47 Å². The Morgan fingerprint density at radius 1 is 0.434 bits per heavy atom. The molecule has 0 fully saturated rings. The van der Waals surface area contributed by atoms with Gasteiger partial charge in [-0.25, -0.2) is 0 Å². The molecule has 0 N–H and O–H groups in total. The Balaban J connectivity index is 1.44. The summed E-state index contributed by atoms with van der Waals surface area (Å²) in [6.45, 7) is 21.0. The Morgan fingerprint density at radius 2 is 0.981 bits per heavy atom. The van der Waals surface area contributed by atoms with E-state index in [9.17, 15) is 0 Å². The molecule has 0 radical (unpaired) electrons. The smallest absolute Gasteiger partial charge is 0.0783 e. The molecular formula is C51H46N2. The maximum Gasteiger partial charge on any atom is 0.0783 e. The molecule has 0 unspecified atom stereocenters. The second kappa shape index (κ2) is 10.7. The summed E-state index contributed by atoms with van der Waals surface area (Å²) in [6.07, 6.45) is 0. The van der Waals surface area contributed by atoms with Crippen LogP contribution in [0.3, 0.4) is 0 Å². The molecule has 0 bridgehead atoms. The number of aromatic nitrogens is 1. The van der Waals surface area contributed by atoms with Crippen molar-refractivity contribution >= 4 is 71.2 Å². The number of benzene rings is 8. The molecule has 9 aromatic rings. The lowest BCUT2D eigenvalue weighted by molar-refractivity contribution is 0.576. The van der Waals surface area contributed by atoms with Gasteiger partial charge in [-0.3, -0.25) is 0 Å². The van der Waals surface area contributed by atoms with E-state index in [0.29, 0.717) is 0 Å². The molecule has 0 atom stereocenters. The normalized spacial score (nSPS) is 13.3. The van der Waals surface area contributed by atoms with Crippen LogP contribution in [0.5, 0.6) is 0 Å². The fourth-order valence-corrected chi connectivity index (χ4v) is 9.87. The summed E-state index contributed by atoms with van der Waals surface area (Å²) in [5.41, 5.74) is 16.7. The van der Waals surface area contributed by atoms with Crippen molar-refractivity contribution in [2.24, 2.45) is 0 Å². The minimum atomic E-state index is -0.0209. The fraction of sp³-hybridized carbons (Fsp3) is 0.216. The molecule has 0 saturated heterocycles. The van der Waals surface area contributed by atoms with Gasteiger partial charge in [-0.1, -0.05) is 132 Å². The third kappa shape index (κ3) is 4.39. The van der Waals surface area contributed by atoms with E-state index in [-0.39, 0.29) is 10.8 Å². The van der Waals surface area contributed by atoms with Crippen LogP contribution < -0.4 is 4.90 Å². The van der Waals surface area contributed by atoms with Crippen molar-refractivity contribution in [3.05, 3.63) is 143 Å². The minimum absolute atomic E-state index is 0.0209. The minimum Gasteiger partial charge on any atom is -0.306 e. The van der Waals surface area contributed by atoms with Crippen molar-refractivity contribution in [3.63, 3.8) is 0 Å². The van der Waals surface area contributed by atoms with Crippen LogP contribution in [0.2, 0.25) is 0 Å². The molecule has 1 aliphatic rings. The molecule has 2 heterocycles. The van der Waals surface area contributed by atoms with E-state index in [1.54, 1.807) is 0 Å². The number of rotatable bonds is 2. The average Bonchev–Trinajstić information content (AvgIpc) is 3.45. The lowest BCUT2D eigenvalue weighted by Gasteiger charge is -2.35. The maximum atomic E-state index is 2.57. The monoisotopic (exact) mass is 686 g/mol. The Kier molecular flexibility index (Phi) is 6.50. The highest BCUT2D eigenvalue weighted by Gasteiger charge is 2.32. The Bertz CT molecular complexity index is 2940. The van der Waals surface area contributed by atoms with Gasteiger partial charge in [0.15, 0.2) is 0 Å². The summed E-state index contributed by atoms with van der Waals surface area (Å²) in [7, 11) is 0. The van der Waals surface area contributed by atoms with Crippen LogP contribution in [0.4, 0.5) is 17.1 Å². The van der Waals surface area contributed by atoms with Crippen LogP contribution in [0.15, 0.2) is 115 Å². The van der Waals surface area contributed by atoms with Gasteiger partial charge in [0.25, 0.3) is 0 Å². The number of hydrogen-bond donors (Lipinski definition) is 0. The largest absolute Gasteiger partial charge is 0.306 e. The van der Waals surface area contributed by atoms with Crippen molar-refractivity contribution < 1.29 is 0 Å². The van der Waals surface area contributed by atoms with E-state index in [1.807, 2.05) is 0 Å². The van der Waals surface area contributed by atoms with Crippen LogP contribution in [0.25, 0.3) is 70.9 Å².